The Morgan fingerprint density at radius 1 is 1.13 bits per heavy atom. The van der Waals surface area contributed by atoms with Gasteiger partial charge in [-0.15, -0.1) is 0 Å². The van der Waals surface area contributed by atoms with Gasteiger partial charge in [0.1, 0.15) is 6.54 Å². The van der Waals surface area contributed by atoms with Crippen molar-refractivity contribution in [2.24, 2.45) is 0 Å². The summed E-state index contributed by atoms with van der Waals surface area (Å²) in [5.41, 5.74) is 0.00649. The van der Waals surface area contributed by atoms with Gasteiger partial charge in [-0.1, -0.05) is 6.07 Å². The molecule has 2 aromatic rings. The van der Waals surface area contributed by atoms with E-state index in [2.05, 4.69) is 9.88 Å². The Balaban J connectivity index is 1.32. The Hall–Kier alpha value is -2.55. The van der Waals surface area contributed by atoms with E-state index in [4.69, 9.17) is 0 Å². The average Bonchev–Trinajstić information content (AvgIpc) is 3.26. The number of carbonyl (C=O) groups excluding carboxylic acids is 1. The number of aromatic nitrogens is 2. The normalized spacial score (nSPS) is 21.1. The highest BCUT2D eigenvalue weighted by Crippen LogP contribution is 2.32. The molecule has 4 rings (SSSR count). The number of piperazine rings is 1. The number of benzene rings is 1. The van der Waals surface area contributed by atoms with Crippen LogP contribution in [0.5, 0.6) is 0 Å². The lowest BCUT2D eigenvalue weighted by Gasteiger charge is -2.44. The maximum atomic E-state index is 13.0. The molecule has 1 aromatic carbocycles. The van der Waals surface area contributed by atoms with E-state index in [0.717, 1.165) is 38.5 Å². The lowest BCUT2D eigenvalue weighted by Crippen LogP contribution is -2.56. The predicted molar refractivity (Wildman–Crippen MR) is 107 cm³/mol. The number of hydrogen-bond acceptors (Lipinski definition) is 4. The number of carbonyl (C=O) groups is 1. The molecule has 30 heavy (non-hydrogen) atoms. The van der Waals surface area contributed by atoms with Gasteiger partial charge in [0, 0.05) is 63.4 Å². The third-order valence-electron chi connectivity index (χ3n) is 6.00. The second-order valence-corrected chi connectivity index (χ2v) is 7.94. The summed E-state index contributed by atoms with van der Waals surface area (Å²) in [7, 11) is 0. The van der Waals surface area contributed by atoms with Crippen LogP contribution in [0.15, 0.2) is 43.0 Å². The average molecular weight is 421 g/mol. The quantitative estimate of drug-likeness (QED) is 0.762. The lowest BCUT2D eigenvalue weighted by molar-refractivity contribution is -0.137. The molecular formula is C21H26F3N5O. The van der Waals surface area contributed by atoms with Crippen LogP contribution in [0.4, 0.5) is 18.9 Å². The summed E-state index contributed by atoms with van der Waals surface area (Å²) in [4.78, 5) is 22.9. The molecule has 1 amide bonds. The van der Waals surface area contributed by atoms with Crippen LogP contribution < -0.4 is 4.90 Å². The topological polar surface area (TPSA) is 44.6 Å². The molecule has 162 valence electrons. The van der Waals surface area contributed by atoms with Crippen molar-refractivity contribution in [3.8, 4) is 0 Å². The van der Waals surface area contributed by atoms with Crippen LogP contribution in [0, 0.1) is 0 Å². The van der Waals surface area contributed by atoms with Crippen LogP contribution in [0.3, 0.4) is 0 Å². The number of anilines is 1. The third-order valence-corrected chi connectivity index (χ3v) is 6.00. The van der Waals surface area contributed by atoms with Crippen LogP contribution in [0.25, 0.3) is 0 Å². The van der Waals surface area contributed by atoms with Gasteiger partial charge in [0.05, 0.1) is 11.9 Å². The van der Waals surface area contributed by atoms with Crippen LogP contribution in [-0.4, -0.2) is 70.6 Å². The van der Waals surface area contributed by atoms with E-state index in [1.807, 2.05) is 9.80 Å². The summed E-state index contributed by atoms with van der Waals surface area (Å²) >= 11 is 0. The maximum absolute atomic E-state index is 13.0. The lowest BCUT2D eigenvalue weighted by atomic mass is 10.0. The molecule has 0 N–H and O–H groups in total. The minimum Gasteiger partial charge on any atom is -0.369 e. The second-order valence-electron chi connectivity index (χ2n) is 7.94. The molecule has 3 heterocycles. The van der Waals surface area contributed by atoms with Crippen molar-refractivity contribution in [1.29, 1.82) is 0 Å². The highest BCUT2D eigenvalue weighted by molar-refractivity contribution is 5.76. The minimum atomic E-state index is -4.33. The van der Waals surface area contributed by atoms with Crippen molar-refractivity contribution in [3.05, 3.63) is 48.5 Å². The van der Waals surface area contributed by atoms with Crippen molar-refractivity contribution < 1.29 is 18.0 Å². The van der Waals surface area contributed by atoms with Crippen molar-refractivity contribution in [1.82, 2.24) is 19.4 Å². The number of nitrogens with zero attached hydrogens (tertiary/aromatic N) is 5. The molecule has 2 fully saturated rings. The van der Waals surface area contributed by atoms with Crippen molar-refractivity contribution in [2.45, 2.75) is 31.6 Å². The van der Waals surface area contributed by atoms with Gasteiger partial charge < -0.3 is 14.4 Å². The molecule has 6 nitrogen and oxygen atoms in total. The summed E-state index contributed by atoms with van der Waals surface area (Å²) < 4.78 is 40.8. The number of piperidine rings is 1. The standard InChI is InChI=1S/C21H26F3N5O/c22-21(23,24)17-3-1-4-18(13-17)27-9-11-28(12-10-27)19-5-2-7-29(14-19)20(30)15-26-8-6-25-16-26/h1,3-4,6,8,13,16,19H,2,5,7,9-12,14-15H2/t19-/m0/s1. The Morgan fingerprint density at radius 3 is 2.63 bits per heavy atom. The molecule has 2 aliphatic rings. The van der Waals surface area contributed by atoms with Crippen molar-refractivity contribution >= 4 is 11.6 Å². The van der Waals surface area contributed by atoms with Gasteiger partial charge in [0.25, 0.3) is 0 Å². The molecule has 0 spiro atoms. The Morgan fingerprint density at radius 2 is 1.93 bits per heavy atom. The number of likely N-dealkylation sites (tertiary alicyclic amines) is 1. The molecule has 1 atom stereocenters. The summed E-state index contributed by atoms with van der Waals surface area (Å²) in [6.07, 6.45) is 2.77. The zero-order valence-electron chi connectivity index (χ0n) is 16.8. The number of halogens is 3. The summed E-state index contributed by atoms with van der Waals surface area (Å²) in [5, 5.41) is 0. The fraction of sp³-hybridized carbons (Fsp3) is 0.524. The van der Waals surface area contributed by atoms with Gasteiger partial charge in [0.2, 0.25) is 5.91 Å². The monoisotopic (exact) mass is 421 g/mol. The number of amides is 1. The smallest absolute Gasteiger partial charge is 0.369 e. The Bertz CT molecular complexity index is 847. The Kier molecular flexibility index (Phi) is 5.99. The summed E-state index contributed by atoms with van der Waals surface area (Å²) in [6, 6.07) is 5.84. The van der Waals surface area contributed by atoms with E-state index in [9.17, 15) is 18.0 Å². The van der Waals surface area contributed by atoms with Gasteiger partial charge in [-0.2, -0.15) is 13.2 Å². The molecule has 9 heteroatoms. The second kappa shape index (κ2) is 8.67. The minimum absolute atomic E-state index is 0.0975. The first kappa shape index (κ1) is 20.7. The van der Waals surface area contributed by atoms with Crippen LogP contribution in [0.1, 0.15) is 18.4 Å². The number of rotatable bonds is 4. The fourth-order valence-electron chi connectivity index (χ4n) is 4.34. The molecule has 0 bridgehead atoms. The number of alkyl halides is 3. The van der Waals surface area contributed by atoms with Gasteiger partial charge in [-0.05, 0) is 31.0 Å². The molecule has 0 unspecified atom stereocenters. The van der Waals surface area contributed by atoms with E-state index < -0.39 is 11.7 Å². The molecule has 0 saturated carbocycles. The molecule has 0 radical (unpaired) electrons. The molecule has 0 aliphatic carbocycles. The van der Waals surface area contributed by atoms with Gasteiger partial charge >= 0.3 is 6.18 Å². The van der Waals surface area contributed by atoms with E-state index in [1.54, 1.807) is 29.4 Å². The summed E-state index contributed by atoms with van der Waals surface area (Å²) in [5.74, 6) is 0.0975. The summed E-state index contributed by atoms with van der Waals surface area (Å²) in [6.45, 7) is 4.71. The van der Waals surface area contributed by atoms with Crippen molar-refractivity contribution in [3.63, 3.8) is 0 Å². The van der Waals surface area contributed by atoms with Crippen molar-refractivity contribution in [2.75, 3.05) is 44.2 Å². The van der Waals surface area contributed by atoms with Gasteiger partial charge in [0.15, 0.2) is 0 Å². The zero-order chi connectivity index (χ0) is 21.1. The number of imidazole rings is 1. The third kappa shape index (κ3) is 4.77. The van der Waals surface area contributed by atoms with E-state index in [0.29, 0.717) is 37.9 Å². The van der Waals surface area contributed by atoms with Gasteiger partial charge in [-0.25, -0.2) is 4.98 Å². The van der Waals surface area contributed by atoms with Crippen LogP contribution >= 0.6 is 0 Å². The molecule has 2 saturated heterocycles. The van der Waals surface area contributed by atoms with E-state index >= 15 is 0 Å². The molecule has 1 aromatic heterocycles. The molecule has 2 aliphatic heterocycles. The largest absolute Gasteiger partial charge is 0.416 e. The van der Waals surface area contributed by atoms with Gasteiger partial charge in [-0.3, -0.25) is 9.69 Å². The first-order valence-electron chi connectivity index (χ1n) is 10.3. The highest BCUT2D eigenvalue weighted by atomic mass is 19.4. The van der Waals surface area contributed by atoms with Crippen LogP contribution in [0.2, 0.25) is 0 Å². The molecular weight excluding hydrogens is 395 g/mol. The first-order chi connectivity index (χ1) is 14.4. The highest BCUT2D eigenvalue weighted by Gasteiger charge is 2.32. The van der Waals surface area contributed by atoms with E-state index in [1.165, 1.54) is 12.1 Å². The fourth-order valence-corrected chi connectivity index (χ4v) is 4.34. The number of hydrogen-bond donors (Lipinski definition) is 0. The van der Waals surface area contributed by atoms with Crippen LogP contribution in [-0.2, 0) is 17.5 Å². The SMILES string of the molecule is O=C(Cn1ccnc1)N1CCC[C@H](N2CCN(c3cccc(C(F)(F)F)c3)CC2)C1. The first-order valence-corrected chi connectivity index (χ1v) is 10.3. The predicted octanol–water partition coefficient (Wildman–Crippen LogP) is 2.72. The maximum Gasteiger partial charge on any atom is 0.416 e. The zero-order valence-corrected chi connectivity index (χ0v) is 16.8. The van der Waals surface area contributed by atoms with E-state index in [-0.39, 0.29) is 5.91 Å². The Labute approximate surface area is 173 Å².